The molecule has 0 N–H and O–H groups in total. The number of hydrogen-bond acceptors (Lipinski definition) is 0. The van der Waals surface area contributed by atoms with Crippen molar-refractivity contribution in [2.24, 2.45) is 11.8 Å². The second kappa shape index (κ2) is 6.05. The quantitative estimate of drug-likeness (QED) is 0.537. The van der Waals surface area contributed by atoms with Crippen LogP contribution in [-0.2, 0) is 0 Å². The standard InChI is InChI=1S/C12H22/c1-6-8-9-12(7-2)11(5)10(3)4/h6-7,10-11H,1,8-9H2,2-5H3. The van der Waals surface area contributed by atoms with E-state index in [0.717, 1.165) is 18.3 Å². The maximum atomic E-state index is 3.74. The van der Waals surface area contributed by atoms with Crippen LogP contribution >= 0.6 is 0 Å². The predicted octanol–water partition coefficient (Wildman–Crippen LogP) is 4.19. The van der Waals surface area contributed by atoms with E-state index < -0.39 is 0 Å². The first-order valence-corrected chi connectivity index (χ1v) is 4.89. The molecule has 0 spiro atoms. The van der Waals surface area contributed by atoms with Crippen molar-refractivity contribution < 1.29 is 0 Å². The number of allylic oxidation sites excluding steroid dienone is 3. The zero-order valence-electron chi connectivity index (χ0n) is 8.93. The lowest BCUT2D eigenvalue weighted by molar-refractivity contribution is 0.466. The van der Waals surface area contributed by atoms with Crippen molar-refractivity contribution in [2.75, 3.05) is 0 Å². The molecular weight excluding hydrogens is 144 g/mol. The number of hydrogen-bond donors (Lipinski definition) is 0. The molecule has 0 nitrogen and oxygen atoms in total. The molecule has 0 heterocycles. The summed E-state index contributed by atoms with van der Waals surface area (Å²) in [5.41, 5.74) is 1.57. The Labute approximate surface area is 77.4 Å². The van der Waals surface area contributed by atoms with Gasteiger partial charge in [-0.05, 0) is 31.6 Å². The third kappa shape index (κ3) is 3.75. The fourth-order valence-corrected chi connectivity index (χ4v) is 1.33. The summed E-state index contributed by atoms with van der Waals surface area (Å²) in [4.78, 5) is 0. The zero-order chi connectivity index (χ0) is 9.56. The highest BCUT2D eigenvalue weighted by Crippen LogP contribution is 2.23. The highest BCUT2D eigenvalue weighted by molar-refractivity contribution is 5.06. The first kappa shape index (κ1) is 11.5. The van der Waals surface area contributed by atoms with Crippen molar-refractivity contribution in [2.45, 2.75) is 40.5 Å². The summed E-state index contributed by atoms with van der Waals surface area (Å²) in [5.74, 6) is 1.47. The molecule has 1 unspecified atom stereocenters. The molecule has 12 heavy (non-hydrogen) atoms. The summed E-state index contributed by atoms with van der Waals surface area (Å²) < 4.78 is 0. The third-order valence-electron chi connectivity index (χ3n) is 2.59. The third-order valence-corrected chi connectivity index (χ3v) is 2.59. The molecule has 0 heteroatoms. The van der Waals surface area contributed by atoms with Crippen LogP contribution < -0.4 is 0 Å². The van der Waals surface area contributed by atoms with Crippen molar-refractivity contribution in [3.8, 4) is 0 Å². The lowest BCUT2D eigenvalue weighted by atomic mass is 9.87. The molecule has 0 aliphatic heterocycles. The largest absolute Gasteiger partial charge is 0.103 e. The van der Waals surface area contributed by atoms with E-state index in [-0.39, 0.29) is 0 Å². The smallest absolute Gasteiger partial charge is 0.0209 e. The Morgan fingerprint density at radius 3 is 2.25 bits per heavy atom. The summed E-state index contributed by atoms with van der Waals surface area (Å²) >= 11 is 0. The van der Waals surface area contributed by atoms with E-state index in [1.165, 1.54) is 6.42 Å². The van der Waals surface area contributed by atoms with Gasteiger partial charge in [0.15, 0.2) is 0 Å². The molecule has 0 radical (unpaired) electrons. The Bertz CT molecular complexity index is 151. The van der Waals surface area contributed by atoms with Crippen molar-refractivity contribution in [1.82, 2.24) is 0 Å². The molecule has 0 saturated heterocycles. The van der Waals surface area contributed by atoms with Crippen LogP contribution in [0.5, 0.6) is 0 Å². The van der Waals surface area contributed by atoms with Crippen LogP contribution in [-0.4, -0.2) is 0 Å². The van der Waals surface area contributed by atoms with Gasteiger partial charge in [-0.2, -0.15) is 0 Å². The van der Waals surface area contributed by atoms with Crippen LogP contribution in [0.4, 0.5) is 0 Å². The average molecular weight is 166 g/mol. The van der Waals surface area contributed by atoms with Crippen molar-refractivity contribution in [3.63, 3.8) is 0 Å². The molecular formula is C12H22. The molecule has 0 aromatic heterocycles. The van der Waals surface area contributed by atoms with Crippen LogP contribution in [0.3, 0.4) is 0 Å². The van der Waals surface area contributed by atoms with E-state index in [1.807, 2.05) is 6.08 Å². The van der Waals surface area contributed by atoms with E-state index in [1.54, 1.807) is 5.57 Å². The maximum Gasteiger partial charge on any atom is -0.0209 e. The average Bonchev–Trinajstić information content (AvgIpc) is 2.05. The van der Waals surface area contributed by atoms with Gasteiger partial charge in [0.2, 0.25) is 0 Å². The Morgan fingerprint density at radius 2 is 1.92 bits per heavy atom. The lowest BCUT2D eigenvalue weighted by Crippen LogP contribution is -2.07. The predicted molar refractivity (Wildman–Crippen MR) is 57.2 cm³/mol. The highest BCUT2D eigenvalue weighted by atomic mass is 14.2. The van der Waals surface area contributed by atoms with Gasteiger partial charge in [0.25, 0.3) is 0 Å². The van der Waals surface area contributed by atoms with Gasteiger partial charge in [-0.3, -0.25) is 0 Å². The van der Waals surface area contributed by atoms with E-state index in [4.69, 9.17) is 0 Å². The molecule has 0 aromatic carbocycles. The maximum absolute atomic E-state index is 3.74. The normalized spacial score (nSPS) is 14.9. The van der Waals surface area contributed by atoms with Crippen LogP contribution in [0.25, 0.3) is 0 Å². The van der Waals surface area contributed by atoms with Crippen LogP contribution in [0, 0.1) is 11.8 Å². The summed E-state index contributed by atoms with van der Waals surface area (Å²) in [5, 5.41) is 0. The van der Waals surface area contributed by atoms with Gasteiger partial charge in [0.1, 0.15) is 0 Å². The Morgan fingerprint density at radius 1 is 1.33 bits per heavy atom. The molecule has 70 valence electrons. The molecule has 0 saturated carbocycles. The van der Waals surface area contributed by atoms with Crippen LogP contribution in [0.15, 0.2) is 24.3 Å². The molecule has 0 aliphatic rings. The molecule has 0 fully saturated rings. The Balaban J connectivity index is 4.06. The van der Waals surface area contributed by atoms with E-state index in [2.05, 4.69) is 40.3 Å². The molecule has 1 atom stereocenters. The minimum Gasteiger partial charge on any atom is -0.103 e. The Hall–Kier alpha value is -0.520. The van der Waals surface area contributed by atoms with E-state index in [0.29, 0.717) is 0 Å². The van der Waals surface area contributed by atoms with Gasteiger partial charge in [0.05, 0.1) is 0 Å². The van der Waals surface area contributed by atoms with Gasteiger partial charge in [-0.1, -0.05) is 38.5 Å². The summed E-state index contributed by atoms with van der Waals surface area (Å²) in [6.45, 7) is 12.7. The zero-order valence-corrected chi connectivity index (χ0v) is 8.93. The van der Waals surface area contributed by atoms with Crippen molar-refractivity contribution in [3.05, 3.63) is 24.3 Å². The first-order valence-electron chi connectivity index (χ1n) is 4.89. The van der Waals surface area contributed by atoms with Crippen molar-refractivity contribution in [1.29, 1.82) is 0 Å². The minimum absolute atomic E-state index is 0.718. The summed E-state index contributed by atoms with van der Waals surface area (Å²) in [6.07, 6.45) is 6.54. The molecule has 0 aromatic rings. The SMILES string of the molecule is C=CCCC(=CC)C(C)C(C)C. The fourth-order valence-electron chi connectivity index (χ4n) is 1.33. The monoisotopic (exact) mass is 166 g/mol. The van der Waals surface area contributed by atoms with Gasteiger partial charge in [0, 0.05) is 0 Å². The molecule has 0 aliphatic carbocycles. The lowest BCUT2D eigenvalue weighted by Gasteiger charge is -2.18. The Kier molecular flexibility index (Phi) is 5.79. The van der Waals surface area contributed by atoms with Crippen LogP contribution in [0.2, 0.25) is 0 Å². The van der Waals surface area contributed by atoms with Gasteiger partial charge in [-0.15, -0.1) is 6.58 Å². The minimum atomic E-state index is 0.718. The summed E-state index contributed by atoms with van der Waals surface area (Å²) in [7, 11) is 0. The summed E-state index contributed by atoms with van der Waals surface area (Å²) in [6, 6.07) is 0. The van der Waals surface area contributed by atoms with Crippen LogP contribution in [0.1, 0.15) is 40.5 Å². The van der Waals surface area contributed by atoms with Gasteiger partial charge < -0.3 is 0 Å². The van der Waals surface area contributed by atoms with Gasteiger partial charge >= 0.3 is 0 Å². The van der Waals surface area contributed by atoms with Gasteiger partial charge in [-0.25, -0.2) is 0 Å². The molecule has 0 bridgehead atoms. The fraction of sp³-hybridized carbons (Fsp3) is 0.667. The highest BCUT2D eigenvalue weighted by Gasteiger charge is 2.10. The first-order chi connectivity index (χ1) is 5.63. The molecule has 0 amide bonds. The van der Waals surface area contributed by atoms with E-state index in [9.17, 15) is 0 Å². The second-order valence-electron chi connectivity index (χ2n) is 3.72. The second-order valence-corrected chi connectivity index (χ2v) is 3.72. The number of rotatable bonds is 5. The van der Waals surface area contributed by atoms with E-state index >= 15 is 0 Å². The molecule has 0 rings (SSSR count). The van der Waals surface area contributed by atoms with Crippen molar-refractivity contribution >= 4 is 0 Å². The topological polar surface area (TPSA) is 0 Å².